The Morgan fingerprint density at radius 1 is 1.13 bits per heavy atom. The van der Waals surface area contributed by atoms with Crippen molar-refractivity contribution in [2.75, 3.05) is 26.2 Å². The Morgan fingerprint density at radius 3 is 2.49 bits per heavy atom. The fourth-order valence-electron chi connectivity index (χ4n) is 4.77. The average molecular weight is 552 g/mol. The number of halogens is 1. The van der Waals surface area contributed by atoms with Crippen LogP contribution in [0.3, 0.4) is 0 Å². The molecule has 1 atom stereocenters. The molecule has 0 radical (unpaired) electrons. The SMILES string of the molecule is CC(C)(C)OC(=O)N1CCNCC1.Cc1ncc(C(C)(O)C2=Cc3cccnc3Cc3ccc(Cl)cc32)n1C. The number of aliphatic hydroxyl groups is 1. The lowest BCUT2D eigenvalue weighted by molar-refractivity contribution is 0.0229. The summed E-state index contributed by atoms with van der Waals surface area (Å²) in [6.07, 6.45) is 6.05. The van der Waals surface area contributed by atoms with Gasteiger partial charge in [-0.05, 0) is 81.2 Å². The molecule has 1 aromatic carbocycles. The summed E-state index contributed by atoms with van der Waals surface area (Å²) in [7, 11) is 1.91. The van der Waals surface area contributed by atoms with Gasteiger partial charge < -0.3 is 24.6 Å². The second-order valence-corrected chi connectivity index (χ2v) is 11.6. The van der Waals surface area contributed by atoms with E-state index in [1.807, 2.05) is 75.7 Å². The Balaban J connectivity index is 0.000000229. The molecule has 1 fully saturated rings. The predicted octanol–water partition coefficient (Wildman–Crippen LogP) is 4.96. The van der Waals surface area contributed by atoms with Crippen molar-refractivity contribution < 1.29 is 14.6 Å². The first-order valence-electron chi connectivity index (χ1n) is 13.2. The van der Waals surface area contributed by atoms with Crippen LogP contribution in [-0.4, -0.2) is 62.4 Å². The number of hydrogen-bond acceptors (Lipinski definition) is 6. The van der Waals surface area contributed by atoms with Crippen molar-refractivity contribution >= 4 is 29.3 Å². The number of aromatic nitrogens is 3. The van der Waals surface area contributed by atoms with E-state index in [1.54, 1.807) is 24.2 Å². The number of piperazine rings is 1. The highest BCUT2D eigenvalue weighted by Crippen LogP contribution is 2.42. The fourth-order valence-corrected chi connectivity index (χ4v) is 4.94. The minimum Gasteiger partial charge on any atom is -0.444 e. The van der Waals surface area contributed by atoms with E-state index >= 15 is 0 Å². The summed E-state index contributed by atoms with van der Waals surface area (Å²) >= 11 is 6.30. The third-order valence-corrected chi connectivity index (χ3v) is 7.19. The van der Waals surface area contributed by atoms with Gasteiger partial charge in [0.1, 0.15) is 17.0 Å². The van der Waals surface area contributed by atoms with E-state index in [0.29, 0.717) is 11.4 Å². The van der Waals surface area contributed by atoms with E-state index in [-0.39, 0.29) is 11.7 Å². The number of pyridine rings is 1. The Kier molecular flexibility index (Phi) is 8.49. The lowest BCUT2D eigenvalue weighted by Crippen LogP contribution is -2.48. The van der Waals surface area contributed by atoms with Crippen molar-refractivity contribution in [3.8, 4) is 0 Å². The van der Waals surface area contributed by atoms with Gasteiger partial charge in [-0.2, -0.15) is 0 Å². The summed E-state index contributed by atoms with van der Waals surface area (Å²) < 4.78 is 7.15. The summed E-state index contributed by atoms with van der Waals surface area (Å²) in [6, 6.07) is 9.76. The highest BCUT2D eigenvalue weighted by molar-refractivity contribution is 6.30. The molecule has 1 amide bonds. The van der Waals surface area contributed by atoms with Crippen LogP contribution in [0.25, 0.3) is 11.6 Å². The van der Waals surface area contributed by atoms with Crippen LogP contribution in [0.1, 0.15) is 61.6 Å². The first kappa shape index (κ1) is 28.8. The zero-order valence-corrected chi connectivity index (χ0v) is 24.3. The van der Waals surface area contributed by atoms with Crippen molar-refractivity contribution in [3.05, 3.63) is 81.7 Å². The number of nitrogens with zero attached hydrogens (tertiary/aromatic N) is 4. The van der Waals surface area contributed by atoms with Gasteiger partial charge >= 0.3 is 6.09 Å². The zero-order chi connectivity index (χ0) is 28.4. The molecule has 0 bridgehead atoms. The molecule has 1 aliphatic carbocycles. The van der Waals surface area contributed by atoms with E-state index in [4.69, 9.17) is 16.3 Å². The number of imidazole rings is 1. The Labute approximate surface area is 235 Å². The minimum atomic E-state index is -1.23. The maximum atomic E-state index is 11.6. The molecule has 0 saturated carbocycles. The fraction of sp³-hybridized carbons (Fsp3) is 0.433. The van der Waals surface area contributed by atoms with E-state index in [9.17, 15) is 9.90 Å². The molecule has 1 unspecified atom stereocenters. The van der Waals surface area contributed by atoms with Gasteiger partial charge in [0.25, 0.3) is 0 Å². The molecule has 3 aromatic rings. The van der Waals surface area contributed by atoms with Gasteiger partial charge in [-0.1, -0.05) is 23.7 Å². The summed E-state index contributed by atoms with van der Waals surface area (Å²) in [4.78, 5) is 22.1. The normalized spacial score (nSPS) is 16.5. The third-order valence-electron chi connectivity index (χ3n) is 6.96. The number of benzene rings is 1. The monoisotopic (exact) mass is 551 g/mol. The smallest absolute Gasteiger partial charge is 0.410 e. The first-order chi connectivity index (χ1) is 18.4. The molecule has 9 heteroatoms. The maximum Gasteiger partial charge on any atom is 0.410 e. The molecule has 2 aromatic heterocycles. The number of fused-ring (bicyclic) bond motifs is 2. The molecular formula is C30H38ClN5O3. The topological polar surface area (TPSA) is 92.5 Å². The standard InChI is InChI=1S/C21H20ClN3O.C9H18N2O2/c1-13-24-12-20(25(13)3)21(2,26)18-9-15-5-4-8-23-19(15)10-14-6-7-16(22)11-17(14)18;1-9(2,3)13-8(12)11-6-4-10-5-7-11/h4-9,11-12,26H,10H2,1-3H3;10H,4-7H2,1-3H3. The van der Waals surface area contributed by atoms with Crippen molar-refractivity contribution in [2.24, 2.45) is 7.05 Å². The van der Waals surface area contributed by atoms with Gasteiger partial charge in [-0.3, -0.25) is 4.98 Å². The number of rotatable bonds is 2. The number of amides is 1. The predicted molar refractivity (Wildman–Crippen MR) is 155 cm³/mol. The number of ether oxygens (including phenoxy) is 1. The van der Waals surface area contributed by atoms with Crippen molar-refractivity contribution in [1.82, 2.24) is 24.8 Å². The zero-order valence-electron chi connectivity index (χ0n) is 23.6. The highest BCUT2D eigenvalue weighted by Gasteiger charge is 2.35. The molecule has 3 heterocycles. The van der Waals surface area contributed by atoms with Crippen molar-refractivity contribution in [1.29, 1.82) is 0 Å². The minimum absolute atomic E-state index is 0.200. The van der Waals surface area contributed by atoms with Crippen LogP contribution in [0.5, 0.6) is 0 Å². The summed E-state index contributed by atoms with van der Waals surface area (Å²) in [5, 5.41) is 15.4. The number of nitrogens with one attached hydrogen (secondary N) is 1. The Morgan fingerprint density at radius 2 is 1.85 bits per heavy atom. The molecule has 8 nitrogen and oxygen atoms in total. The molecular weight excluding hydrogens is 514 g/mol. The van der Waals surface area contributed by atoms with Crippen molar-refractivity contribution in [2.45, 2.75) is 52.2 Å². The lowest BCUT2D eigenvalue weighted by atomic mass is 9.84. The van der Waals surface area contributed by atoms with Crippen LogP contribution in [0.2, 0.25) is 5.02 Å². The number of aryl methyl sites for hydroxylation is 1. The van der Waals surface area contributed by atoms with Gasteiger partial charge in [0.05, 0.1) is 17.6 Å². The average Bonchev–Trinajstić information content (AvgIpc) is 3.13. The molecule has 39 heavy (non-hydrogen) atoms. The van der Waals surface area contributed by atoms with Crippen LogP contribution >= 0.6 is 11.6 Å². The second kappa shape index (κ2) is 11.5. The molecule has 1 aliphatic heterocycles. The summed E-state index contributed by atoms with van der Waals surface area (Å²) in [5.74, 6) is 0.850. The van der Waals surface area contributed by atoms with E-state index in [2.05, 4.69) is 15.3 Å². The van der Waals surface area contributed by atoms with Gasteiger partial charge in [0.2, 0.25) is 0 Å². The summed E-state index contributed by atoms with van der Waals surface area (Å²) in [5.41, 5.74) is 3.95. The second-order valence-electron chi connectivity index (χ2n) is 11.1. The van der Waals surface area contributed by atoms with Crippen LogP contribution < -0.4 is 5.32 Å². The highest BCUT2D eigenvalue weighted by atomic mass is 35.5. The number of hydrogen-bond donors (Lipinski definition) is 2. The van der Waals surface area contributed by atoms with E-state index in [0.717, 1.165) is 65.7 Å². The van der Waals surface area contributed by atoms with Gasteiger partial charge in [-0.25, -0.2) is 9.78 Å². The van der Waals surface area contributed by atoms with Crippen LogP contribution in [0.15, 0.2) is 42.7 Å². The molecule has 1 saturated heterocycles. The van der Waals surface area contributed by atoms with Crippen LogP contribution in [0.4, 0.5) is 4.79 Å². The Hall–Kier alpha value is -3.20. The van der Waals surface area contributed by atoms with Crippen LogP contribution in [0, 0.1) is 6.92 Å². The number of carbonyl (C=O) groups excluding carboxylic acids is 1. The number of carbonyl (C=O) groups is 1. The quantitative estimate of drug-likeness (QED) is 0.468. The molecule has 0 spiro atoms. The molecule has 5 rings (SSSR count). The molecule has 2 N–H and O–H groups in total. The van der Waals surface area contributed by atoms with Gasteiger partial charge in [0, 0.05) is 50.9 Å². The third kappa shape index (κ3) is 6.69. The lowest BCUT2D eigenvalue weighted by Gasteiger charge is -2.30. The first-order valence-corrected chi connectivity index (χ1v) is 13.6. The molecule has 208 valence electrons. The molecule has 2 aliphatic rings. The van der Waals surface area contributed by atoms with E-state index < -0.39 is 5.60 Å². The summed E-state index contributed by atoms with van der Waals surface area (Å²) in [6.45, 7) is 12.6. The van der Waals surface area contributed by atoms with Gasteiger partial charge in [0.15, 0.2) is 0 Å². The van der Waals surface area contributed by atoms with Crippen molar-refractivity contribution in [3.63, 3.8) is 0 Å². The van der Waals surface area contributed by atoms with Crippen LogP contribution in [-0.2, 0) is 23.8 Å². The van der Waals surface area contributed by atoms with E-state index in [1.165, 1.54) is 0 Å². The van der Waals surface area contributed by atoms with Gasteiger partial charge in [-0.15, -0.1) is 0 Å². The largest absolute Gasteiger partial charge is 0.444 e. The maximum absolute atomic E-state index is 11.6. The Bertz CT molecular complexity index is 1370.